The summed E-state index contributed by atoms with van der Waals surface area (Å²) in [7, 11) is -3.26. The highest BCUT2D eigenvalue weighted by Crippen LogP contribution is 2.32. The summed E-state index contributed by atoms with van der Waals surface area (Å²) in [4.78, 5) is 23.6. The Labute approximate surface area is 125 Å². The lowest BCUT2D eigenvalue weighted by Gasteiger charge is -2.36. The highest BCUT2D eigenvalue weighted by atomic mass is 32.2. The molecule has 0 radical (unpaired) electrons. The third-order valence-corrected chi connectivity index (χ3v) is 5.08. The zero-order valence-electron chi connectivity index (χ0n) is 12.5. The van der Waals surface area contributed by atoms with Crippen LogP contribution in [0.5, 0.6) is 0 Å². The van der Waals surface area contributed by atoms with Crippen LogP contribution >= 0.6 is 0 Å². The molecule has 1 saturated heterocycles. The number of carboxylic acid groups (broad SMARTS) is 1. The number of nitrogens with one attached hydrogen (secondary N) is 2. The van der Waals surface area contributed by atoms with E-state index in [1.807, 2.05) is 6.92 Å². The summed E-state index contributed by atoms with van der Waals surface area (Å²) in [6.07, 6.45) is 2.90. The molecule has 0 spiro atoms. The van der Waals surface area contributed by atoms with Gasteiger partial charge in [-0.15, -0.1) is 0 Å². The summed E-state index contributed by atoms with van der Waals surface area (Å²) in [5.41, 5.74) is -0.552. The third kappa shape index (κ3) is 5.28. The van der Waals surface area contributed by atoms with Gasteiger partial charge < -0.3 is 15.7 Å². The SMILES string of the molecule is CCC1(C(=O)NC(CCS(C)(=O)=O)C(=O)O)CCNCC1. The van der Waals surface area contributed by atoms with Crippen molar-refractivity contribution in [2.75, 3.05) is 25.1 Å². The molecule has 0 aromatic heterocycles. The summed E-state index contributed by atoms with van der Waals surface area (Å²) >= 11 is 0. The van der Waals surface area contributed by atoms with Crippen molar-refractivity contribution in [3.05, 3.63) is 0 Å². The van der Waals surface area contributed by atoms with Crippen molar-refractivity contribution in [2.24, 2.45) is 5.41 Å². The number of carbonyl (C=O) groups is 2. The fourth-order valence-corrected chi connectivity index (χ4v) is 3.21. The quantitative estimate of drug-likeness (QED) is 0.597. The molecule has 21 heavy (non-hydrogen) atoms. The number of hydrogen-bond donors (Lipinski definition) is 3. The van der Waals surface area contributed by atoms with Gasteiger partial charge in [-0.05, 0) is 38.8 Å². The Balaban J connectivity index is 2.73. The van der Waals surface area contributed by atoms with Gasteiger partial charge in [0.2, 0.25) is 5.91 Å². The number of aliphatic carboxylic acids is 1. The monoisotopic (exact) mass is 320 g/mol. The van der Waals surface area contributed by atoms with Gasteiger partial charge in [0.05, 0.1) is 11.2 Å². The molecule has 122 valence electrons. The number of amides is 1. The van der Waals surface area contributed by atoms with Crippen molar-refractivity contribution < 1.29 is 23.1 Å². The summed E-state index contributed by atoms with van der Waals surface area (Å²) in [6.45, 7) is 3.36. The number of hydrogen-bond acceptors (Lipinski definition) is 5. The van der Waals surface area contributed by atoms with E-state index in [0.29, 0.717) is 19.3 Å². The predicted molar refractivity (Wildman–Crippen MR) is 78.7 cm³/mol. The highest BCUT2D eigenvalue weighted by Gasteiger charge is 2.39. The minimum Gasteiger partial charge on any atom is -0.480 e. The van der Waals surface area contributed by atoms with Crippen molar-refractivity contribution in [2.45, 2.75) is 38.6 Å². The van der Waals surface area contributed by atoms with E-state index in [9.17, 15) is 18.0 Å². The van der Waals surface area contributed by atoms with Crippen LogP contribution in [0, 0.1) is 5.41 Å². The maximum Gasteiger partial charge on any atom is 0.326 e. The molecule has 1 aliphatic heterocycles. The average Bonchev–Trinajstić information content (AvgIpc) is 2.42. The Hall–Kier alpha value is -1.15. The van der Waals surface area contributed by atoms with Crippen molar-refractivity contribution in [1.82, 2.24) is 10.6 Å². The first-order valence-electron chi connectivity index (χ1n) is 7.12. The first-order valence-corrected chi connectivity index (χ1v) is 9.18. The maximum atomic E-state index is 12.4. The average molecular weight is 320 g/mol. The predicted octanol–water partition coefficient (Wildman–Crippen LogP) is -0.230. The minimum atomic E-state index is -3.26. The molecular formula is C13H24N2O5S. The van der Waals surface area contributed by atoms with Crippen LogP contribution in [0.3, 0.4) is 0 Å². The van der Waals surface area contributed by atoms with Crippen LogP contribution in [-0.2, 0) is 19.4 Å². The number of piperidine rings is 1. The third-order valence-electron chi connectivity index (χ3n) is 4.10. The van der Waals surface area contributed by atoms with E-state index in [-0.39, 0.29) is 18.1 Å². The van der Waals surface area contributed by atoms with Crippen molar-refractivity contribution in [3.63, 3.8) is 0 Å². The first-order chi connectivity index (χ1) is 9.70. The fraction of sp³-hybridized carbons (Fsp3) is 0.846. The molecular weight excluding hydrogens is 296 g/mol. The second-order valence-electron chi connectivity index (χ2n) is 5.67. The van der Waals surface area contributed by atoms with E-state index in [1.54, 1.807) is 0 Å². The van der Waals surface area contributed by atoms with E-state index in [4.69, 9.17) is 5.11 Å². The van der Waals surface area contributed by atoms with Crippen LogP contribution in [0.15, 0.2) is 0 Å². The summed E-state index contributed by atoms with van der Waals surface area (Å²) in [5.74, 6) is -1.75. The Morgan fingerprint density at radius 3 is 2.33 bits per heavy atom. The standard InChI is InChI=1S/C13H24N2O5S/c1-3-13(5-7-14-8-6-13)12(18)15-10(11(16)17)4-9-21(2,19)20/h10,14H,3-9H2,1-2H3,(H,15,18)(H,16,17). The topological polar surface area (TPSA) is 113 Å². The number of sulfone groups is 1. The van der Waals surface area contributed by atoms with Crippen molar-refractivity contribution in [1.29, 1.82) is 0 Å². The van der Waals surface area contributed by atoms with E-state index < -0.39 is 27.3 Å². The molecule has 0 aromatic rings. The van der Waals surface area contributed by atoms with Gasteiger partial charge in [0.15, 0.2) is 0 Å². The Kier molecular flexibility index (Phi) is 6.15. The lowest BCUT2D eigenvalue weighted by molar-refractivity contribution is -0.144. The summed E-state index contributed by atoms with van der Waals surface area (Å²) < 4.78 is 22.3. The van der Waals surface area contributed by atoms with Crippen LogP contribution in [0.1, 0.15) is 32.6 Å². The minimum absolute atomic E-state index is 0.113. The van der Waals surface area contributed by atoms with Gasteiger partial charge in [0.1, 0.15) is 15.9 Å². The molecule has 0 aliphatic carbocycles. The number of carboxylic acids is 1. The molecule has 7 nitrogen and oxygen atoms in total. The van der Waals surface area contributed by atoms with E-state index >= 15 is 0 Å². The lowest BCUT2D eigenvalue weighted by Crippen LogP contribution is -2.52. The second-order valence-corrected chi connectivity index (χ2v) is 7.93. The van der Waals surface area contributed by atoms with E-state index in [2.05, 4.69) is 10.6 Å². The molecule has 0 bridgehead atoms. The second kappa shape index (κ2) is 7.22. The van der Waals surface area contributed by atoms with Crippen LogP contribution in [-0.4, -0.2) is 56.5 Å². The lowest BCUT2D eigenvalue weighted by atomic mass is 9.75. The van der Waals surface area contributed by atoms with Gasteiger partial charge in [-0.25, -0.2) is 13.2 Å². The van der Waals surface area contributed by atoms with Crippen molar-refractivity contribution in [3.8, 4) is 0 Å². The van der Waals surface area contributed by atoms with Gasteiger partial charge in [0, 0.05) is 6.26 Å². The zero-order valence-corrected chi connectivity index (χ0v) is 13.3. The molecule has 1 atom stereocenters. The molecule has 1 fully saturated rings. The van der Waals surface area contributed by atoms with Gasteiger partial charge >= 0.3 is 5.97 Å². The van der Waals surface area contributed by atoms with Gasteiger partial charge in [0.25, 0.3) is 0 Å². The van der Waals surface area contributed by atoms with Crippen LogP contribution in [0.25, 0.3) is 0 Å². The molecule has 0 saturated carbocycles. The van der Waals surface area contributed by atoms with Gasteiger partial charge in [-0.2, -0.15) is 0 Å². The largest absolute Gasteiger partial charge is 0.480 e. The molecule has 1 rings (SSSR count). The summed E-state index contributed by atoms with van der Waals surface area (Å²) in [6, 6.07) is -1.16. The van der Waals surface area contributed by atoms with Gasteiger partial charge in [-0.3, -0.25) is 4.79 Å². The van der Waals surface area contributed by atoms with E-state index in [1.165, 1.54) is 0 Å². The Morgan fingerprint density at radius 1 is 1.33 bits per heavy atom. The van der Waals surface area contributed by atoms with Crippen LogP contribution in [0.4, 0.5) is 0 Å². The molecule has 1 unspecified atom stereocenters. The Morgan fingerprint density at radius 2 is 1.90 bits per heavy atom. The van der Waals surface area contributed by atoms with Crippen LogP contribution < -0.4 is 10.6 Å². The molecule has 8 heteroatoms. The molecule has 0 aromatic carbocycles. The van der Waals surface area contributed by atoms with E-state index in [0.717, 1.165) is 19.3 Å². The molecule has 1 amide bonds. The number of carbonyl (C=O) groups excluding carboxylic acids is 1. The molecule has 1 heterocycles. The summed E-state index contributed by atoms with van der Waals surface area (Å²) in [5, 5.41) is 14.8. The fourth-order valence-electron chi connectivity index (χ4n) is 2.55. The normalized spacial score (nSPS) is 19.7. The zero-order chi connectivity index (χ0) is 16.1. The number of rotatable bonds is 7. The first kappa shape index (κ1) is 17.9. The molecule has 3 N–H and O–H groups in total. The van der Waals surface area contributed by atoms with Gasteiger partial charge in [-0.1, -0.05) is 6.92 Å². The smallest absolute Gasteiger partial charge is 0.326 e. The maximum absolute atomic E-state index is 12.4. The Bertz CT molecular complexity index is 483. The van der Waals surface area contributed by atoms with Crippen molar-refractivity contribution >= 4 is 21.7 Å². The molecule has 1 aliphatic rings. The highest BCUT2D eigenvalue weighted by molar-refractivity contribution is 7.90. The van der Waals surface area contributed by atoms with Crippen LogP contribution in [0.2, 0.25) is 0 Å².